The van der Waals surface area contributed by atoms with E-state index < -0.39 is 0 Å². The molecule has 0 unspecified atom stereocenters. The van der Waals surface area contributed by atoms with Gasteiger partial charge in [-0.25, -0.2) is 0 Å². The lowest BCUT2D eigenvalue weighted by molar-refractivity contribution is 0.817. The highest BCUT2D eigenvalue weighted by atomic mass is 15.4. The molecule has 2 rings (SSSR count). The third-order valence-electron chi connectivity index (χ3n) is 1.67. The summed E-state index contributed by atoms with van der Waals surface area (Å²) < 4.78 is 1.13. The van der Waals surface area contributed by atoms with E-state index in [0.29, 0.717) is 5.69 Å². The minimum absolute atomic E-state index is 0.710. The molecule has 0 atom stereocenters. The van der Waals surface area contributed by atoms with E-state index in [1.165, 1.54) is 0 Å². The quantitative estimate of drug-likeness (QED) is 0.647. The Labute approximate surface area is 75.0 Å². The average Bonchev–Trinajstić information content (AvgIpc) is 2.67. The van der Waals surface area contributed by atoms with Gasteiger partial charge in [-0.2, -0.15) is 9.94 Å². The topological polar surface area (TPSA) is 54.5 Å². The summed E-state index contributed by atoms with van der Waals surface area (Å²) >= 11 is 0. The van der Waals surface area contributed by atoms with E-state index in [-0.39, 0.29) is 0 Å². The van der Waals surface area contributed by atoms with Crippen LogP contribution in [0.4, 0.5) is 0 Å². The summed E-state index contributed by atoms with van der Waals surface area (Å²) in [5.74, 6) is 0. The highest BCUT2D eigenvalue weighted by Gasteiger charge is 2.01. The molecule has 0 radical (unpaired) electrons. The van der Waals surface area contributed by atoms with Crippen molar-refractivity contribution < 1.29 is 0 Å². The summed E-state index contributed by atoms with van der Waals surface area (Å²) in [6.07, 6.45) is 3.45. The molecule has 0 spiro atoms. The normalized spacial score (nSPS) is 9.46. The van der Waals surface area contributed by atoms with Crippen molar-refractivity contribution in [3.05, 3.63) is 36.5 Å². The van der Waals surface area contributed by atoms with Crippen LogP contribution in [0.5, 0.6) is 0 Å². The molecule has 0 aliphatic carbocycles. The van der Waals surface area contributed by atoms with Crippen molar-refractivity contribution >= 4 is 0 Å². The van der Waals surface area contributed by atoms with Crippen LogP contribution in [0.15, 0.2) is 36.5 Å². The van der Waals surface area contributed by atoms with Crippen molar-refractivity contribution in [2.24, 2.45) is 0 Å². The van der Waals surface area contributed by atoms with Crippen LogP contribution in [0.3, 0.4) is 0 Å². The first-order valence-corrected chi connectivity index (χ1v) is 3.78. The van der Waals surface area contributed by atoms with E-state index >= 15 is 0 Å². The van der Waals surface area contributed by atoms with Gasteiger partial charge in [-0.05, 0) is 0 Å². The Morgan fingerprint density at radius 3 is 2.62 bits per heavy atom. The molecular weight excluding hydrogens is 164 g/mol. The van der Waals surface area contributed by atoms with Crippen LogP contribution in [0.25, 0.3) is 11.3 Å². The van der Waals surface area contributed by atoms with Gasteiger partial charge in [0.25, 0.3) is 0 Å². The Bertz CT molecular complexity index is 438. The second-order valence-electron chi connectivity index (χ2n) is 2.51. The molecule has 0 saturated carbocycles. The van der Waals surface area contributed by atoms with Crippen molar-refractivity contribution in [3.63, 3.8) is 0 Å². The molecule has 62 valence electrons. The number of hydrogen-bond acceptors (Lipinski definition) is 3. The van der Waals surface area contributed by atoms with Crippen LogP contribution < -0.4 is 0 Å². The number of rotatable bonds is 1. The standard InChI is InChI=1S/C9H6N4/c10-7-13-6-9(11-12-13)8-4-2-1-3-5-8/h1-6H. The minimum atomic E-state index is 0.710. The highest BCUT2D eigenvalue weighted by Crippen LogP contribution is 2.13. The number of benzene rings is 1. The van der Waals surface area contributed by atoms with Crippen LogP contribution in [0.2, 0.25) is 0 Å². The summed E-state index contributed by atoms with van der Waals surface area (Å²) in [5, 5.41) is 16.0. The first kappa shape index (κ1) is 7.50. The monoisotopic (exact) mass is 170 g/mol. The molecular formula is C9H6N4. The second-order valence-corrected chi connectivity index (χ2v) is 2.51. The fourth-order valence-electron chi connectivity index (χ4n) is 1.05. The Balaban J connectivity index is 2.43. The number of nitriles is 1. The van der Waals surface area contributed by atoms with Crippen molar-refractivity contribution in [2.45, 2.75) is 0 Å². The molecule has 0 fully saturated rings. The predicted octanol–water partition coefficient (Wildman–Crippen LogP) is 1.27. The molecule has 0 amide bonds. The Morgan fingerprint density at radius 2 is 2.00 bits per heavy atom. The molecule has 1 aromatic carbocycles. The smallest absolute Gasteiger partial charge is 0.170 e. The molecule has 4 heteroatoms. The van der Waals surface area contributed by atoms with Gasteiger partial charge >= 0.3 is 0 Å². The molecule has 2 aromatic rings. The van der Waals surface area contributed by atoms with Crippen molar-refractivity contribution in [3.8, 4) is 17.5 Å². The molecule has 0 aliphatic heterocycles. The predicted molar refractivity (Wildman–Crippen MR) is 46.5 cm³/mol. The molecule has 0 saturated heterocycles. The second kappa shape index (κ2) is 3.07. The highest BCUT2D eigenvalue weighted by molar-refractivity contribution is 5.57. The molecule has 4 nitrogen and oxygen atoms in total. The number of hydrogen-bond donors (Lipinski definition) is 0. The third kappa shape index (κ3) is 1.40. The van der Waals surface area contributed by atoms with E-state index in [1.54, 1.807) is 6.20 Å². The largest absolute Gasteiger partial charge is 0.207 e. The Kier molecular flexibility index (Phi) is 1.77. The zero-order chi connectivity index (χ0) is 9.10. The van der Waals surface area contributed by atoms with Gasteiger partial charge in [-0.1, -0.05) is 35.5 Å². The lowest BCUT2D eigenvalue weighted by Crippen LogP contribution is -1.86. The maximum absolute atomic E-state index is 8.51. The summed E-state index contributed by atoms with van der Waals surface area (Å²) in [6.45, 7) is 0. The first-order chi connectivity index (χ1) is 6.40. The molecule has 0 N–H and O–H groups in total. The van der Waals surface area contributed by atoms with Gasteiger partial charge in [-0.3, -0.25) is 0 Å². The summed E-state index contributed by atoms with van der Waals surface area (Å²) in [7, 11) is 0. The van der Waals surface area contributed by atoms with Gasteiger partial charge in [-0.15, -0.1) is 5.10 Å². The van der Waals surface area contributed by atoms with E-state index in [4.69, 9.17) is 5.26 Å². The van der Waals surface area contributed by atoms with Crippen LogP contribution in [0, 0.1) is 11.5 Å². The van der Waals surface area contributed by atoms with Crippen LogP contribution in [-0.4, -0.2) is 15.0 Å². The molecule has 1 heterocycles. The Morgan fingerprint density at radius 1 is 1.23 bits per heavy atom. The van der Waals surface area contributed by atoms with Gasteiger partial charge in [0.05, 0.1) is 6.20 Å². The minimum Gasteiger partial charge on any atom is -0.170 e. The maximum Gasteiger partial charge on any atom is 0.207 e. The van der Waals surface area contributed by atoms with E-state index in [2.05, 4.69) is 10.3 Å². The maximum atomic E-state index is 8.51. The fraction of sp³-hybridized carbons (Fsp3) is 0. The molecule has 0 bridgehead atoms. The van der Waals surface area contributed by atoms with Gasteiger partial charge in [0, 0.05) is 5.56 Å². The van der Waals surface area contributed by atoms with Crippen LogP contribution in [0.1, 0.15) is 0 Å². The number of nitrogens with zero attached hydrogens (tertiary/aromatic N) is 4. The lowest BCUT2D eigenvalue weighted by Gasteiger charge is -1.91. The summed E-state index contributed by atoms with van der Waals surface area (Å²) in [6, 6.07) is 9.61. The number of aromatic nitrogens is 3. The van der Waals surface area contributed by atoms with Gasteiger partial charge in [0.1, 0.15) is 5.69 Å². The van der Waals surface area contributed by atoms with Crippen molar-refractivity contribution in [2.75, 3.05) is 0 Å². The molecule has 0 aliphatic rings. The van der Waals surface area contributed by atoms with Crippen LogP contribution >= 0.6 is 0 Å². The zero-order valence-electron chi connectivity index (χ0n) is 6.75. The summed E-state index contributed by atoms with van der Waals surface area (Å²) in [4.78, 5) is 0. The zero-order valence-corrected chi connectivity index (χ0v) is 6.75. The van der Waals surface area contributed by atoms with Crippen LogP contribution in [-0.2, 0) is 0 Å². The SMILES string of the molecule is N#Cn1cc(-c2ccccc2)nn1. The fourth-order valence-corrected chi connectivity index (χ4v) is 1.05. The summed E-state index contributed by atoms with van der Waals surface area (Å²) in [5.41, 5.74) is 1.67. The van der Waals surface area contributed by atoms with E-state index in [1.807, 2.05) is 36.5 Å². The molecule has 1 aromatic heterocycles. The average molecular weight is 170 g/mol. The van der Waals surface area contributed by atoms with Gasteiger partial charge < -0.3 is 0 Å². The van der Waals surface area contributed by atoms with Gasteiger partial charge in [0.15, 0.2) is 0 Å². The third-order valence-corrected chi connectivity index (χ3v) is 1.67. The lowest BCUT2D eigenvalue weighted by atomic mass is 10.2. The van der Waals surface area contributed by atoms with Gasteiger partial charge in [0.2, 0.25) is 6.19 Å². The van der Waals surface area contributed by atoms with E-state index in [0.717, 1.165) is 10.2 Å². The van der Waals surface area contributed by atoms with Crippen molar-refractivity contribution in [1.82, 2.24) is 15.0 Å². The first-order valence-electron chi connectivity index (χ1n) is 3.78. The molecule has 13 heavy (non-hydrogen) atoms. The van der Waals surface area contributed by atoms with E-state index in [9.17, 15) is 0 Å². The van der Waals surface area contributed by atoms with Crippen molar-refractivity contribution in [1.29, 1.82) is 5.26 Å². The Hall–Kier alpha value is -2.15.